The summed E-state index contributed by atoms with van der Waals surface area (Å²) in [6, 6.07) is 0. The maximum Gasteiger partial charge on any atom is 0.358 e. The molecule has 2 rings (SSSR count). The number of nitrogens with zero attached hydrogens (tertiary/aromatic N) is 3. The second-order valence-electron chi connectivity index (χ2n) is 4.77. The van der Waals surface area contributed by atoms with Crippen LogP contribution in [-0.4, -0.2) is 51.4 Å². The molecule has 0 aromatic carbocycles. The molecule has 0 bridgehead atoms. The van der Waals surface area contributed by atoms with Crippen molar-refractivity contribution in [1.82, 2.24) is 20.3 Å². The topological polar surface area (TPSA) is 89.3 Å². The first-order chi connectivity index (χ1) is 8.59. The predicted octanol–water partition coefficient (Wildman–Crippen LogP) is 0.135. The van der Waals surface area contributed by atoms with E-state index in [0.717, 1.165) is 32.6 Å². The van der Waals surface area contributed by atoms with Crippen molar-refractivity contribution in [3.05, 3.63) is 11.9 Å². The van der Waals surface area contributed by atoms with Crippen molar-refractivity contribution in [3.63, 3.8) is 0 Å². The monoisotopic (exact) mass is 254 g/mol. The van der Waals surface area contributed by atoms with Gasteiger partial charge in [0.25, 0.3) is 0 Å². The molecule has 1 aliphatic heterocycles. The molecule has 1 saturated heterocycles. The van der Waals surface area contributed by atoms with Crippen LogP contribution in [0, 0.1) is 0 Å². The Morgan fingerprint density at radius 3 is 2.94 bits per heavy atom. The lowest BCUT2D eigenvalue weighted by Gasteiger charge is -2.34. The van der Waals surface area contributed by atoms with Crippen LogP contribution in [0.2, 0.25) is 0 Å². The van der Waals surface area contributed by atoms with Crippen LogP contribution in [0.1, 0.15) is 30.3 Å². The van der Waals surface area contributed by atoms with Crippen molar-refractivity contribution >= 4 is 5.97 Å². The maximum atomic E-state index is 10.6. The smallest absolute Gasteiger partial charge is 0.358 e. The van der Waals surface area contributed by atoms with Crippen molar-refractivity contribution in [2.75, 3.05) is 19.8 Å². The van der Waals surface area contributed by atoms with Gasteiger partial charge in [0.05, 0.1) is 12.7 Å². The fourth-order valence-electron chi connectivity index (χ4n) is 1.98. The van der Waals surface area contributed by atoms with Crippen LogP contribution in [0.3, 0.4) is 0 Å². The van der Waals surface area contributed by atoms with Gasteiger partial charge in [0.1, 0.15) is 0 Å². The number of carbonyl (C=O) groups is 1. The lowest BCUT2D eigenvalue weighted by Crippen LogP contribution is -2.47. The highest BCUT2D eigenvalue weighted by atomic mass is 16.5. The molecule has 1 aliphatic rings. The maximum absolute atomic E-state index is 10.6. The van der Waals surface area contributed by atoms with E-state index in [1.807, 2.05) is 0 Å². The largest absolute Gasteiger partial charge is 0.476 e. The molecule has 0 saturated carbocycles. The summed E-state index contributed by atoms with van der Waals surface area (Å²) in [6.45, 7) is 5.10. The molecule has 0 spiro atoms. The minimum Gasteiger partial charge on any atom is -0.476 e. The minimum atomic E-state index is -1.05. The zero-order valence-corrected chi connectivity index (χ0v) is 10.4. The molecule has 0 atom stereocenters. The second-order valence-corrected chi connectivity index (χ2v) is 4.77. The first kappa shape index (κ1) is 13.0. The van der Waals surface area contributed by atoms with E-state index in [4.69, 9.17) is 9.84 Å². The Balaban J connectivity index is 1.78. The molecule has 7 heteroatoms. The Labute approximate surface area is 105 Å². The molecule has 0 aliphatic carbocycles. The summed E-state index contributed by atoms with van der Waals surface area (Å²) in [5.74, 6) is -1.05. The first-order valence-corrected chi connectivity index (χ1v) is 6.05. The van der Waals surface area contributed by atoms with Crippen molar-refractivity contribution < 1.29 is 14.6 Å². The highest BCUT2D eigenvalue weighted by Gasteiger charge is 2.26. The van der Waals surface area contributed by atoms with Crippen molar-refractivity contribution in [2.45, 2.75) is 31.8 Å². The Morgan fingerprint density at radius 1 is 1.61 bits per heavy atom. The summed E-state index contributed by atoms with van der Waals surface area (Å²) < 4.78 is 6.87. The highest BCUT2D eigenvalue weighted by Crippen LogP contribution is 2.19. The predicted molar refractivity (Wildman–Crippen MR) is 63.4 cm³/mol. The number of aromatic nitrogens is 3. The molecule has 2 heterocycles. The van der Waals surface area contributed by atoms with E-state index in [2.05, 4.69) is 22.6 Å². The van der Waals surface area contributed by atoms with E-state index in [1.54, 1.807) is 4.68 Å². The highest BCUT2D eigenvalue weighted by molar-refractivity contribution is 5.84. The van der Waals surface area contributed by atoms with E-state index < -0.39 is 5.97 Å². The molecule has 100 valence electrons. The summed E-state index contributed by atoms with van der Waals surface area (Å²) in [6.07, 6.45) is 3.42. The van der Waals surface area contributed by atoms with Crippen LogP contribution in [0.4, 0.5) is 0 Å². The molecular formula is C11H18N4O3. The molecule has 1 fully saturated rings. The Morgan fingerprint density at radius 2 is 2.33 bits per heavy atom. The third-order valence-electron chi connectivity index (χ3n) is 3.25. The third kappa shape index (κ3) is 3.27. The third-order valence-corrected chi connectivity index (χ3v) is 3.25. The Kier molecular flexibility index (Phi) is 3.93. The Hall–Kier alpha value is -1.47. The fourth-order valence-corrected chi connectivity index (χ4v) is 1.98. The standard InChI is InChI=1S/C11H18N4O3/c1-11(2-6-18-7-3-11)12-4-5-15-8-9(10(16)17)13-14-15/h8,12H,2-7H2,1H3,(H,16,17). The van der Waals surface area contributed by atoms with Crippen LogP contribution in [0.15, 0.2) is 6.20 Å². The van der Waals surface area contributed by atoms with Gasteiger partial charge in [0, 0.05) is 25.3 Å². The summed E-state index contributed by atoms with van der Waals surface area (Å²) >= 11 is 0. The normalized spacial score (nSPS) is 18.7. The molecule has 1 aromatic rings. The number of aromatic carboxylic acids is 1. The molecule has 0 radical (unpaired) electrons. The lowest BCUT2D eigenvalue weighted by molar-refractivity contribution is 0.0450. The quantitative estimate of drug-likeness (QED) is 0.776. The van der Waals surface area contributed by atoms with E-state index in [-0.39, 0.29) is 11.2 Å². The fraction of sp³-hybridized carbons (Fsp3) is 0.727. The van der Waals surface area contributed by atoms with Gasteiger partial charge in [-0.3, -0.25) is 4.68 Å². The van der Waals surface area contributed by atoms with Gasteiger partial charge < -0.3 is 15.2 Å². The van der Waals surface area contributed by atoms with E-state index in [9.17, 15) is 4.79 Å². The van der Waals surface area contributed by atoms with Gasteiger partial charge in [0.15, 0.2) is 5.69 Å². The van der Waals surface area contributed by atoms with Crippen molar-refractivity contribution in [2.24, 2.45) is 0 Å². The van der Waals surface area contributed by atoms with Crippen LogP contribution in [0.25, 0.3) is 0 Å². The summed E-state index contributed by atoms with van der Waals surface area (Å²) in [5, 5.41) is 19.5. The number of hydrogen-bond acceptors (Lipinski definition) is 5. The molecule has 18 heavy (non-hydrogen) atoms. The van der Waals surface area contributed by atoms with Crippen LogP contribution in [-0.2, 0) is 11.3 Å². The summed E-state index contributed by atoms with van der Waals surface area (Å²) in [7, 11) is 0. The molecule has 2 N–H and O–H groups in total. The Bertz CT molecular complexity index is 412. The SMILES string of the molecule is CC1(NCCn2cc(C(=O)O)nn2)CCOCC1. The molecule has 0 amide bonds. The zero-order chi connectivity index (χ0) is 13.0. The second kappa shape index (κ2) is 5.45. The van der Waals surface area contributed by atoms with Gasteiger partial charge in [-0.1, -0.05) is 5.21 Å². The van der Waals surface area contributed by atoms with Gasteiger partial charge in [-0.05, 0) is 19.8 Å². The summed E-state index contributed by atoms with van der Waals surface area (Å²) in [4.78, 5) is 10.6. The number of carboxylic acid groups (broad SMARTS) is 1. The number of rotatable bonds is 5. The number of hydrogen-bond donors (Lipinski definition) is 2. The van der Waals surface area contributed by atoms with Crippen LogP contribution < -0.4 is 5.32 Å². The molecule has 7 nitrogen and oxygen atoms in total. The number of nitrogens with one attached hydrogen (secondary N) is 1. The van der Waals surface area contributed by atoms with Gasteiger partial charge in [-0.15, -0.1) is 5.10 Å². The van der Waals surface area contributed by atoms with Gasteiger partial charge in [-0.25, -0.2) is 4.79 Å². The van der Waals surface area contributed by atoms with Gasteiger partial charge in [0.2, 0.25) is 0 Å². The van der Waals surface area contributed by atoms with E-state index >= 15 is 0 Å². The van der Waals surface area contributed by atoms with Crippen molar-refractivity contribution in [1.29, 1.82) is 0 Å². The average Bonchev–Trinajstić information content (AvgIpc) is 2.78. The zero-order valence-electron chi connectivity index (χ0n) is 10.4. The summed E-state index contributed by atoms with van der Waals surface area (Å²) in [5.41, 5.74) is 0.0846. The van der Waals surface area contributed by atoms with E-state index in [0.29, 0.717) is 6.54 Å². The van der Waals surface area contributed by atoms with E-state index in [1.165, 1.54) is 6.20 Å². The van der Waals surface area contributed by atoms with Crippen LogP contribution >= 0.6 is 0 Å². The van der Waals surface area contributed by atoms with Crippen molar-refractivity contribution in [3.8, 4) is 0 Å². The minimum absolute atomic E-state index is 0.0210. The van der Waals surface area contributed by atoms with Crippen LogP contribution in [0.5, 0.6) is 0 Å². The molecule has 1 aromatic heterocycles. The first-order valence-electron chi connectivity index (χ1n) is 6.05. The molecule has 0 unspecified atom stereocenters. The lowest BCUT2D eigenvalue weighted by atomic mass is 9.92. The average molecular weight is 254 g/mol. The van der Waals surface area contributed by atoms with Gasteiger partial charge >= 0.3 is 5.97 Å². The molecular weight excluding hydrogens is 236 g/mol. The number of carboxylic acids is 1. The number of ether oxygens (including phenoxy) is 1. The van der Waals surface area contributed by atoms with Gasteiger partial charge in [-0.2, -0.15) is 0 Å².